The average Bonchev–Trinajstić information content (AvgIpc) is 2.61. The third-order valence-electron chi connectivity index (χ3n) is 4.52. The molecule has 26 heavy (non-hydrogen) atoms. The van der Waals surface area contributed by atoms with Crippen molar-refractivity contribution < 1.29 is 14.3 Å². The van der Waals surface area contributed by atoms with Gasteiger partial charge in [-0.1, -0.05) is 0 Å². The third-order valence-corrected chi connectivity index (χ3v) is 4.52. The Bertz CT molecular complexity index is 464. The van der Waals surface area contributed by atoms with E-state index in [9.17, 15) is 4.79 Å². The minimum Gasteiger partial charge on any atom is -0.444 e. The zero-order valence-corrected chi connectivity index (χ0v) is 16.6. The lowest BCUT2D eigenvalue weighted by atomic mass is 10.2. The summed E-state index contributed by atoms with van der Waals surface area (Å²) in [7, 11) is 0. The van der Waals surface area contributed by atoms with E-state index >= 15 is 0 Å². The summed E-state index contributed by atoms with van der Waals surface area (Å²) >= 11 is 0. The number of ether oxygens (including phenoxy) is 2. The zero-order chi connectivity index (χ0) is 19.0. The zero-order valence-electron chi connectivity index (χ0n) is 16.6. The van der Waals surface area contributed by atoms with Gasteiger partial charge in [0.05, 0.1) is 13.2 Å². The van der Waals surface area contributed by atoms with Crippen molar-refractivity contribution in [1.82, 2.24) is 14.7 Å². The Morgan fingerprint density at radius 1 is 1.04 bits per heavy atom. The molecule has 2 heterocycles. The number of unbranched alkanes of at least 4 members (excludes halogenated alkanes) is 1. The summed E-state index contributed by atoms with van der Waals surface area (Å²) in [4.78, 5) is 22.8. The van der Waals surface area contributed by atoms with E-state index in [-0.39, 0.29) is 6.09 Å². The van der Waals surface area contributed by atoms with Crippen molar-refractivity contribution in [2.75, 3.05) is 65.6 Å². The van der Waals surface area contributed by atoms with Gasteiger partial charge in [0, 0.05) is 45.8 Å². The highest BCUT2D eigenvalue weighted by molar-refractivity contribution is 5.78. The summed E-state index contributed by atoms with van der Waals surface area (Å²) in [5.41, 5.74) is 5.65. The van der Waals surface area contributed by atoms with Gasteiger partial charge >= 0.3 is 6.09 Å². The number of rotatable bonds is 5. The fourth-order valence-corrected chi connectivity index (χ4v) is 3.01. The molecule has 1 amide bonds. The first-order chi connectivity index (χ1) is 12.3. The van der Waals surface area contributed by atoms with Crippen LogP contribution in [-0.2, 0) is 9.47 Å². The van der Waals surface area contributed by atoms with Gasteiger partial charge in [0.25, 0.3) is 0 Å². The molecule has 0 aromatic rings. The van der Waals surface area contributed by atoms with E-state index in [2.05, 4.69) is 9.89 Å². The molecule has 8 nitrogen and oxygen atoms in total. The highest BCUT2D eigenvalue weighted by atomic mass is 16.6. The molecule has 0 radical (unpaired) electrons. The summed E-state index contributed by atoms with van der Waals surface area (Å²) in [5.74, 6) is 0.584. The first kappa shape index (κ1) is 20.8. The highest BCUT2D eigenvalue weighted by Gasteiger charge is 2.26. The number of carbonyl (C=O) groups excluding carboxylic acids is 1. The smallest absolute Gasteiger partial charge is 0.410 e. The molecule has 8 heteroatoms. The number of morpholine rings is 1. The Morgan fingerprint density at radius 3 is 2.27 bits per heavy atom. The second-order valence-electron chi connectivity index (χ2n) is 7.86. The molecule has 0 bridgehead atoms. The number of hydrogen-bond acceptors (Lipinski definition) is 5. The Labute approximate surface area is 157 Å². The van der Waals surface area contributed by atoms with Crippen LogP contribution >= 0.6 is 0 Å². The van der Waals surface area contributed by atoms with Crippen LogP contribution in [0.2, 0.25) is 0 Å². The van der Waals surface area contributed by atoms with Gasteiger partial charge in [0.2, 0.25) is 0 Å². The molecule has 150 valence electrons. The minimum atomic E-state index is -0.462. The topological polar surface area (TPSA) is 83.6 Å². The van der Waals surface area contributed by atoms with Crippen LogP contribution in [0.15, 0.2) is 4.99 Å². The molecule has 2 N–H and O–H groups in total. The molecule has 2 fully saturated rings. The van der Waals surface area contributed by atoms with Gasteiger partial charge in [0.15, 0.2) is 5.96 Å². The van der Waals surface area contributed by atoms with Gasteiger partial charge in [-0.25, -0.2) is 4.79 Å². The first-order valence-corrected chi connectivity index (χ1v) is 9.68. The van der Waals surface area contributed by atoms with Crippen molar-refractivity contribution >= 4 is 12.1 Å². The SMILES string of the molecule is CC(C)(C)OC(=O)N1CCN(C(N)=NCCCCN2CCOCC2)CC1. The average molecular weight is 370 g/mol. The van der Waals surface area contributed by atoms with Gasteiger partial charge in [-0.05, 0) is 40.2 Å². The highest BCUT2D eigenvalue weighted by Crippen LogP contribution is 2.11. The van der Waals surface area contributed by atoms with Crippen LogP contribution in [0.4, 0.5) is 4.79 Å². The maximum atomic E-state index is 12.1. The predicted octanol–water partition coefficient (Wildman–Crippen LogP) is 0.966. The van der Waals surface area contributed by atoms with E-state index in [1.54, 1.807) is 4.90 Å². The summed E-state index contributed by atoms with van der Waals surface area (Å²) in [6.45, 7) is 13.9. The number of piperazine rings is 1. The van der Waals surface area contributed by atoms with Crippen LogP contribution in [0.25, 0.3) is 0 Å². The quantitative estimate of drug-likeness (QED) is 0.442. The van der Waals surface area contributed by atoms with E-state index in [0.29, 0.717) is 32.1 Å². The molecule has 0 aromatic carbocycles. The second kappa shape index (κ2) is 9.97. The molecule has 0 unspecified atom stereocenters. The maximum Gasteiger partial charge on any atom is 0.410 e. The van der Waals surface area contributed by atoms with Crippen LogP contribution in [0.1, 0.15) is 33.6 Å². The van der Waals surface area contributed by atoms with Crippen molar-refractivity contribution in [2.24, 2.45) is 10.7 Å². The normalized spacial score (nSPS) is 20.3. The largest absolute Gasteiger partial charge is 0.444 e. The molecule has 2 aliphatic rings. The van der Waals surface area contributed by atoms with E-state index in [4.69, 9.17) is 15.2 Å². The summed E-state index contributed by atoms with van der Waals surface area (Å²) in [6, 6.07) is 0. The van der Waals surface area contributed by atoms with Crippen LogP contribution in [0, 0.1) is 0 Å². The molecule has 0 saturated carbocycles. The van der Waals surface area contributed by atoms with Gasteiger partial charge in [-0.2, -0.15) is 0 Å². The number of amides is 1. The first-order valence-electron chi connectivity index (χ1n) is 9.68. The fraction of sp³-hybridized carbons (Fsp3) is 0.889. The third kappa shape index (κ3) is 7.37. The Kier molecular flexibility index (Phi) is 7.96. The minimum absolute atomic E-state index is 0.254. The van der Waals surface area contributed by atoms with E-state index < -0.39 is 5.60 Å². The molecular formula is C18H35N5O3. The van der Waals surface area contributed by atoms with Crippen LogP contribution in [-0.4, -0.2) is 97.9 Å². The maximum absolute atomic E-state index is 12.1. The Morgan fingerprint density at radius 2 is 1.65 bits per heavy atom. The van der Waals surface area contributed by atoms with E-state index in [0.717, 1.165) is 52.2 Å². The summed E-state index contributed by atoms with van der Waals surface area (Å²) in [6.07, 6.45) is 1.91. The summed E-state index contributed by atoms with van der Waals surface area (Å²) < 4.78 is 10.8. The molecule has 2 aliphatic heterocycles. The second-order valence-corrected chi connectivity index (χ2v) is 7.86. The number of hydrogen-bond donors (Lipinski definition) is 1. The molecule has 2 saturated heterocycles. The van der Waals surface area contributed by atoms with Crippen molar-refractivity contribution in [3.8, 4) is 0 Å². The number of aliphatic imine (C=N–C) groups is 1. The Balaban J connectivity index is 1.61. The van der Waals surface area contributed by atoms with E-state index in [1.165, 1.54) is 0 Å². The predicted molar refractivity (Wildman–Crippen MR) is 102 cm³/mol. The fourth-order valence-electron chi connectivity index (χ4n) is 3.01. The molecule has 0 aliphatic carbocycles. The van der Waals surface area contributed by atoms with Crippen molar-refractivity contribution in [3.63, 3.8) is 0 Å². The van der Waals surface area contributed by atoms with Crippen LogP contribution in [0.5, 0.6) is 0 Å². The standard InChI is InChI=1S/C18H35N5O3/c1-18(2,3)26-17(24)23-10-8-22(9-11-23)16(19)20-6-4-5-7-21-12-14-25-15-13-21/h4-15H2,1-3H3,(H2,19,20). The van der Waals surface area contributed by atoms with Crippen molar-refractivity contribution in [2.45, 2.75) is 39.2 Å². The lowest BCUT2D eigenvalue weighted by Gasteiger charge is -2.36. The molecule has 2 rings (SSSR count). The van der Waals surface area contributed by atoms with Gasteiger partial charge < -0.3 is 25.0 Å². The lowest BCUT2D eigenvalue weighted by Crippen LogP contribution is -2.53. The number of nitrogens with two attached hydrogens (primary N) is 1. The van der Waals surface area contributed by atoms with E-state index in [1.807, 2.05) is 25.7 Å². The van der Waals surface area contributed by atoms with Crippen molar-refractivity contribution in [3.05, 3.63) is 0 Å². The molecule has 0 spiro atoms. The van der Waals surface area contributed by atoms with Crippen molar-refractivity contribution in [1.29, 1.82) is 0 Å². The number of nitrogens with zero attached hydrogens (tertiary/aromatic N) is 4. The molecule has 0 aromatic heterocycles. The van der Waals surface area contributed by atoms with Gasteiger partial charge in [0.1, 0.15) is 5.60 Å². The van der Waals surface area contributed by atoms with Crippen LogP contribution < -0.4 is 5.73 Å². The lowest BCUT2D eigenvalue weighted by molar-refractivity contribution is 0.0186. The molecular weight excluding hydrogens is 334 g/mol. The van der Waals surface area contributed by atoms with Gasteiger partial charge in [-0.15, -0.1) is 0 Å². The monoisotopic (exact) mass is 369 g/mol. The molecule has 0 atom stereocenters. The number of carbonyl (C=O) groups is 1. The van der Waals surface area contributed by atoms with Crippen LogP contribution in [0.3, 0.4) is 0 Å². The number of guanidine groups is 1. The Hall–Kier alpha value is -1.54. The summed E-state index contributed by atoms with van der Waals surface area (Å²) in [5, 5.41) is 0. The van der Waals surface area contributed by atoms with Gasteiger partial charge in [-0.3, -0.25) is 9.89 Å².